The molecule has 0 aliphatic carbocycles. The molecule has 6 nitrogen and oxygen atoms in total. The molecule has 0 aliphatic heterocycles. The first-order valence-corrected chi connectivity index (χ1v) is 7.28. The molecule has 0 saturated heterocycles. The Morgan fingerprint density at radius 2 is 1.87 bits per heavy atom. The summed E-state index contributed by atoms with van der Waals surface area (Å²) in [6, 6.07) is 5.44. The van der Waals surface area contributed by atoms with Gasteiger partial charge in [0.05, 0.1) is 5.69 Å². The molecule has 118 valence electrons. The van der Waals surface area contributed by atoms with Crippen LogP contribution in [0, 0.1) is 13.8 Å². The van der Waals surface area contributed by atoms with Crippen LogP contribution >= 0.6 is 0 Å². The molecule has 3 N–H and O–H groups in total. The van der Waals surface area contributed by atoms with E-state index in [2.05, 4.69) is 9.97 Å². The molecule has 3 aromatic rings. The first kappa shape index (κ1) is 15.0. The van der Waals surface area contributed by atoms with Crippen LogP contribution in [0.4, 0.5) is 11.6 Å². The van der Waals surface area contributed by atoms with Crippen LogP contribution in [0.15, 0.2) is 24.5 Å². The highest BCUT2D eigenvalue weighted by Gasteiger charge is 2.18. The molecule has 0 amide bonds. The zero-order valence-corrected chi connectivity index (χ0v) is 13.6. The van der Waals surface area contributed by atoms with Crippen LogP contribution in [0.3, 0.4) is 0 Å². The third-order valence-electron chi connectivity index (χ3n) is 3.98. The molecule has 2 aromatic heterocycles. The van der Waals surface area contributed by atoms with Gasteiger partial charge in [-0.15, -0.1) is 0 Å². The van der Waals surface area contributed by atoms with Crippen LogP contribution in [0.2, 0.25) is 0 Å². The number of pyridine rings is 1. The third kappa shape index (κ3) is 2.42. The van der Waals surface area contributed by atoms with E-state index in [9.17, 15) is 5.11 Å². The van der Waals surface area contributed by atoms with Gasteiger partial charge in [-0.2, -0.15) is 0 Å². The number of aromatic nitrogens is 3. The van der Waals surface area contributed by atoms with Crippen molar-refractivity contribution in [2.24, 2.45) is 0 Å². The second kappa shape index (κ2) is 5.39. The van der Waals surface area contributed by atoms with Gasteiger partial charge >= 0.3 is 0 Å². The Hall–Kier alpha value is -2.89. The molecular formula is C17H19N5O. The smallest absolute Gasteiger partial charge is 0.134 e. The van der Waals surface area contributed by atoms with E-state index in [0.717, 1.165) is 27.9 Å². The number of nitrogen functional groups attached to an aromatic ring is 1. The maximum absolute atomic E-state index is 10.1. The van der Waals surface area contributed by atoms with Gasteiger partial charge in [-0.3, -0.25) is 0 Å². The van der Waals surface area contributed by atoms with Gasteiger partial charge in [0.25, 0.3) is 0 Å². The molecule has 0 spiro atoms. The normalized spacial score (nSPS) is 11.0. The lowest BCUT2D eigenvalue weighted by atomic mass is 9.97. The fraction of sp³-hybridized carbons (Fsp3) is 0.235. The summed E-state index contributed by atoms with van der Waals surface area (Å²) in [5, 5.41) is 10.8. The summed E-state index contributed by atoms with van der Waals surface area (Å²) in [6.45, 7) is 3.86. The van der Waals surface area contributed by atoms with Gasteiger partial charge in [0.15, 0.2) is 0 Å². The molecule has 3 rings (SSSR count). The number of aryl methyl sites for hydroxylation is 1. The first-order valence-electron chi connectivity index (χ1n) is 7.28. The van der Waals surface area contributed by atoms with Crippen LogP contribution in [0.1, 0.15) is 11.1 Å². The lowest BCUT2D eigenvalue weighted by Gasteiger charge is -2.17. The molecule has 6 heteroatoms. The van der Waals surface area contributed by atoms with Gasteiger partial charge < -0.3 is 15.7 Å². The third-order valence-corrected chi connectivity index (χ3v) is 3.98. The summed E-state index contributed by atoms with van der Waals surface area (Å²) in [7, 11) is 3.83. The molecule has 0 bridgehead atoms. The van der Waals surface area contributed by atoms with Crippen LogP contribution in [0.25, 0.3) is 22.2 Å². The van der Waals surface area contributed by atoms with Crippen molar-refractivity contribution in [3.05, 3.63) is 35.7 Å². The largest absolute Gasteiger partial charge is 0.508 e. The second-order valence-corrected chi connectivity index (χ2v) is 5.78. The highest BCUT2D eigenvalue weighted by atomic mass is 16.3. The Balaban J connectivity index is 2.46. The average Bonchev–Trinajstić information content (AvgIpc) is 2.51. The minimum absolute atomic E-state index is 0.234. The van der Waals surface area contributed by atoms with Gasteiger partial charge in [-0.05, 0) is 31.5 Å². The summed E-state index contributed by atoms with van der Waals surface area (Å²) < 4.78 is 0. The van der Waals surface area contributed by atoms with E-state index in [4.69, 9.17) is 10.7 Å². The molecule has 0 saturated carbocycles. The molecular weight excluding hydrogens is 290 g/mol. The van der Waals surface area contributed by atoms with Gasteiger partial charge in [0.2, 0.25) is 0 Å². The number of benzene rings is 1. The van der Waals surface area contributed by atoms with E-state index >= 15 is 0 Å². The summed E-state index contributed by atoms with van der Waals surface area (Å²) >= 11 is 0. The van der Waals surface area contributed by atoms with Gasteiger partial charge in [0.1, 0.15) is 29.2 Å². The maximum atomic E-state index is 10.1. The Morgan fingerprint density at radius 3 is 2.57 bits per heavy atom. The number of hydrogen-bond acceptors (Lipinski definition) is 6. The Kier molecular flexibility index (Phi) is 3.52. The molecule has 0 fully saturated rings. The SMILES string of the molecule is Cc1ccc(O)c(C)c1-c1nc(N(C)C)cc2c(N)ncnc12. The van der Waals surface area contributed by atoms with Crippen LogP contribution in [0.5, 0.6) is 5.75 Å². The molecule has 0 atom stereocenters. The van der Waals surface area contributed by atoms with Crippen molar-refractivity contribution in [2.45, 2.75) is 13.8 Å². The predicted molar refractivity (Wildman–Crippen MR) is 92.6 cm³/mol. The molecule has 1 aromatic carbocycles. The van der Waals surface area contributed by atoms with Crippen LogP contribution < -0.4 is 10.6 Å². The summed E-state index contributed by atoms with van der Waals surface area (Å²) in [5.41, 5.74) is 10.1. The van der Waals surface area contributed by atoms with Crippen LogP contribution in [-0.2, 0) is 0 Å². The van der Waals surface area contributed by atoms with Gasteiger partial charge in [0, 0.05) is 30.6 Å². The zero-order chi connectivity index (χ0) is 16.7. The standard InChI is InChI=1S/C17H19N5O/c1-9-5-6-12(23)10(2)14(9)16-15-11(17(18)20-8-19-15)7-13(21-16)22(3)4/h5-8,23H,1-4H3,(H2,18,19,20). The van der Waals surface area contributed by atoms with E-state index in [-0.39, 0.29) is 5.75 Å². The molecule has 0 radical (unpaired) electrons. The molecule has 0 aliphatic rings. The van der Waals surface area contributed by atoms with E-state index in [1.54, 1.807) is 6.07 Å². The monoisotopic (exact) mass is 309 g/mol. The number of nitrogens with two attached hydrogens (primary N) is 1. The topological polar surface area (TPSA) is 88.2 Å². The minimum Gasteiger partial charge on any atom is -0.508 e. The summed E-state index contributed by atoms with van der Waals surface area (Å²) in [4.78, 5) is 15.1. The number of rotatable bonds is 2. The minimum atomic E-state index is 0.234. The van der Waals surface area contributed by atoms with E-state index in [1.165, 1.54) is 6.33 Å². The number of aromatic hydroxyl groups is 1. The van der Waals surface area contributed by atoms with Crippen molar-refractivity contribution >= 4 is 22.5 Å². The predicted octanol–water partition coefficient (Wildman–Crippen LogP) is 2.66. The highest BCUT2D eigenvalue weighted by Crippen LogP contribution is 2.36. The first-order chi connectivity index (χ1) is 10.9. The van der Waals surface area contributed by atoms with Crippen molar-refractivity contribution < 1.29 is 5.11 Å². The van der Waals surface area contributed by atoms with E-state index in [1.807, 2.05) is 45.0 Å². The summed E-state index contributed by atoms with van der Waals surface area (Å²) in [6.07, 6.45) is 1.44. The Labute approximate surface area is 134 Å². The summed E-state index contributed by atoms with van der Waals surface area (Å²) in [5.74, 6) is 1.41. The lowest BCUT2D eigenvalue weighted by molar-refractivity contribution is 0.471. The Bertz CT molecular complexity index is 905. The number of phenolic OH excluding ortho intramolecular Hbond substituents is 1. The lowest BCUT2D eigenvalue weighted by Crippen LogP contribution is -2.12. The van der Waals surface area contributed by atoms with Crippen molar-refractivity contribution in [1.82, 2.24) is 15.0 Å². The highest BCUT2D eigenvalue weighted by molar-refractivity contribution is 5.99. The van der Waals surface area contributed by atoms with E-state index in [0.29, 0.717) is 17.0 Å². The fourth-order valence-electron chi connectivity index (χ4n) is 2.67. The number of fused-ring (bicyclic) bond motifs is 1. The molecule has 0 unspecified atom stereocenters. The van der Waals surface area contributed by atoms with Crippen molar-refractivity contribution in [2.75, 3.05) is 24.7 Å². The van der Waals surface area contributed by atoms with Crippen molar-refractivity contribution in [3.8, 4) is 17.0 Å². The quantitative estimate of drug-likeness (QED) is 0.756. The maximum Gasteiger partial charge on any atom is 0.134 e. The van der Waals surface area contributed by atoms with E-state index < -0.39 is 0 Å². The average molecular weight is 309 g/mol. The van der Waals surface area contributed by atoms with Crippen molar-refractivity contribution in [1.29, 1.82) is 0 Å². The zero-order valence-electron chi connectivity index (χ0n) is 13.6. The van der Waals surface area contributed by atoms with Crippen molar-refractivity contribution in [3.63, 3.8) is 0 Å². The molecule has 2 heterocycles. The Morgan fingerprint density at radius 1 is 1.13 bits per heavy atom. The number of phenols is 1. The fourth-order valence-corrected chi connectivity index (χ4v) is 2.67. The van der Waals surface area contributed by atoms with Crippen LogP contribution in [-0.4, -0.2) is 34.2 Å². The number of anilines is 2. The van der Waals surface area contributed by atoms with Gasteiger partial charge in [-0.25, -0.2) is 15.0 Å². The van der Waals surface area contributed by atoms with Gasteiger partial charge in [-0.1, -0.05) is 6.07 Å². The number of hydrogen-bond donors (Lipinski definition) is 2. The second-order valence-electron chi connectivity index (χ2n) is 5.78. The number of nitrogens with zero attached hydrogens (tertiary/aromatic N) is 4. The molecule has 23 heavy (non-hydrogen) atoms.